The van der Waals surface area contributed by atoms with Gasteiger partial charge in [-0.25, -0.2) is 10.3 Å². The Morgan fingerprint density at radius 2 is 1.35 bits per heavy atom. The first-order valence-corrected chi connectivity index (χ1v) is 9.74. The minimum atomic E-state index is -0.896. The van der Waals surface area contributed by atoms with E-state index in [0.29, 0.717) is 31.7 Å². The van der Waals surface area contributed by atoms with Crippen molar-refractivity contribution in [1.82, 2.24) is 10.4 Å². The lowest BCUT2D eigenvalue weighted by Crippen LogP contribution is -2.48. The zero-order valence-electron chi connectivity index (χ0n) is 16.8. The molecule has 0 unspecified atom stereocenters. The summed E-state index contributed by atoms with van der Waals surface area (Å²) in [5.74, 6) is -0.728. The summed E-state index contributed by atoms with van der Waals surface area (Å²) in [4.78, 5) is 37.9. The van der Waals surface area contributed by atoms with E-state index in [2.05, 4.69) is 4.90 Å². The van der Waals surface area contributed by atoms with Crippen molar-refractivity contribution in [3.63, 3.8) is 0 Å². The van der Waals surface area contributed by atoms with Gasteiger partial charge in [0, 0.05) is 43.5 Å². The van der Waals surface area contributed by atoms with Crippen LogP contribution in [0, 0.1) is 0 Å². The van der Waals surface area contributed by atoms with Crippen molar-refractivity contribution in [2.24, 2.45) is 0 Å². The van der Waals surface area contributed by atoms with E-state index in [1.54, 1.807) is 36.4 Å². The molecule has 0 spiro atoms. The molecular weight excluding hydrogens is 398 g/mol. The molecule has 1 saturated heterocycles. The molecule has 0 saturated carbocycles. The number of ketones is 1. The Balaban J connectivity index is 1.57. The average molecular weight is 421 g/mol. The van der Waals surface area contributed by atoms with E-state index < -0.39 is 12.0 Å². The molecular formula is C23H23N3O5. The third-order valence-corrected chi connectivity index (χ3v) is 4.97. The van der Waals surface area contributed by atoms with Gasteiger partial charge in [-0.05, 0) is 47.5 Å². The van der Waals surface area contributed by atoms with Crippen molar-refractivity contribution in [3.05, 3.63) is 77.4 Å². The summed E-state index contributed by atoms with van der Waals surface area (Å²) in [6.07, 6.45) is 5.10. The minimum absolute atomic E-state index is 0.120. The highest BCUT2D eigenvalue weighted by molar-refractivity contribution is 6.07. The first-order chi connectivity index (χ1) is 15.0. The number of carbonyl (C=O) groups excluding carboxylic acids is 2. The molecule has 8 nitrogen and oxygen atoms in total. The van der Waals surface area contributed by atoms with Crippen molar-refractivity contribution >= 4 is 35.6 Å². The van der Waals surface area contributed by atoms with Crippen LogP contribution in [0.1, 0.15) is 21.5 Å². The quantitative estimate of drug-likeness (QED) is 0.286. The third-order valence-electron chi connectivity index (χ3n) is 4.97. The number of rotatable bonds is 6. The summed E-state index contributed by atoms with van der Waals surface area (Å²) in [5, 5.41) is 17.5. The Morgan fingerprint density at radius 3 is 1.87 bits per heavy atom. The molecule has 2 aromatic rings. The molecule has 0 radical (unpaired) electrons. The van der Waals surface area contributed by atoms with Crippen LogP contribution in [-0.4, -0.2) is 59.2 Å². The molecule has 3 rings (SSSR count). The first kappa shape index (κ1) is 21.8. The summed E-state index contributed by atoms with van der Waals surface area (Å²) in [6, 6.07) is 14.5. The number of anilines is 1. The van der Waals surface area contributed by atoms with Crippen molar-refractivity contribution in [1.29, 1.82) is 0 Å². The van der Waals surface area contributed by atoms with Crippen LogP contribution in [0.15, 0.2) is 60.7 Å². The normalized spacial score (nSPS) is 14.2. The summed E-state index contributed by atoms with van der Waals surface area (Å²) in [6.45, 7) is 2.16. The average Bonchev–Trinajstić information content (AvgIpc) is 2.81. The fourth-order valence-corrected chi connectivity index (χ4v) is 3.19. The van der Waals surface area contributed by atoms with Gasteiger partial charge < -0.3 is 14.9 Å². The number of piperazine rings is 1. The number of nitrogens with one attached hydrogen (secondary N) is 1. The second-order valence-corrected chi connectivity index (χ2v) is 6.98. The number of benzene rings is 2. The Hall–Kier alpha value is -3.91. The minimum Gasteiger partial charge on any atom is -0.465 e. The highest BCUT2D eigenvalue weighted by atomic mass is 16.5. The Kier molecular flexibility index (Phi) is 7.18. The Labute approximate surface area is 179 Å². The maximum Gasteiger partial charge on any atom is 0.407 e. The van der Waals surface area contributed by atoms with Gasteiger partial charge in [-0.1, -0.05) is 30.3 Å². The van der Waals surface area contributed by atoms with Crippen LogP contribution in [0.5, 0.6) is 0 Å². The van der Waals surface area contributed by atoms with Crippen molar-refractivity contribution < 1.29 is 24.7 Å². The van der Waals surface area contributed by atoms with Crippen LogP contribution >= 0.6 is 0 Å². The van der Waals surface area contributed by atoms with Crippen LogP contribution in [0.2, 0.25) is 0 Å². The number of nitrogens with zero attached hydrogens (tertiary/aromatic N) is 2. The molecule has 2 amide bonds. The number of hydrogen-bond acceptors (Lipinski definition) is 5. The Bertz CT molecular complexity index is 989. The number of hydrogen-bond donors (Lipinski definition) is 3. The van der Waals surface area contributed by atoms with Gasteiger partial charge in [0.15, 0.2) is 5.78 Å². The lowest BCUT2D eigenvalue weighted by Gasteiger charge is -2.34. The van der Waals surface area contributed by atoms with E-state index in [4.69, 9.17) is 10.3 Å². The molecule has 31 heavy (non-hydrogen) atoms. The number of amides is 2. The van der Waals surface area contributed by atoms with Crippen LogP contribution < -0.4 is 10.4 Å². The predicted octanol–water partition coefficient (Wildman–Crippen LogP) is 2.90. The van der Waals surface area contributed by atoms with E-state index in [9.17, 15) is 14.4 Å². The van der Waals surface area contributed by atoms with Crippen molar-refractivity contribution in [2.45, 2.75) is 0 Å². The highest BCUT2D eigenvalue weighted by Gasteiger charge is 2.20. The molecule has 1 aliphatic heterocycles. The van der Waals surface area contributed by atoms with E-state index in [1.165, 1.54) is 22.5 Å². The second kappa shape index (κ2) is 10.2. The van der Waals surface area contributed by atoms with Gasteiger partial charge in [0.1, 0.15) is 0 Å². The SMILES string of the molecule is O=C(/C=C/c1ccc(/C=C/C(=O)c2ccc(N3CCN(C(=O)O)CC3)cc2)cc1)NO. The molecule has 160 valence electrons. The largest absolute Gasteiger partial charge is 0.465 e. The standard InChI is InChI=1S/C23H23N3O5/c27-21(11-5-17-1-3-18(4-2-17)6-12-22(28)24-31)19-7-9-20(10-8-19)25-13-15-26(16-14-25)23(29)30/h1-12,31H,13-16H2,(H,24,28)(H,29,30)/b11-5+,12-6+. The number of carboxylic acid groups (broad SMARTS) is 1. The smallest absolute Gasteiger partial charge is 0.407 e. The molecule has 0 bridgehead atoms. The second-order valence-electron chi connectivity index (χ2n) is 6.98. The number of carbonyl (C=O) groups is 3. The van der Waals surface area contributed by atoms with Gasteiger partial charge in [0.2, 0.25) is 0 Å². The maximum atomic E-state index is 12.4. The summed E-state index contributed by atoms with van der Waals surface area (Å²) in [7, 11) is 0. The molecule has 1 heterocycles. The zero-order chi connectivity index (χ0) is 22.2. The van der Waals surface area contributed by atoms with Crippen LogP contribution in [0.25, 0.3) is 12.2 Å². The third kappa shape index (κ3) is 6.03. The Morgan fingerprint density at radius 1 is 0.806 bits per heavy atom. The van der Waals surface area contributed by atoms with Crippen molar-refractivity contribution in [3.8, 4) is 0 Å². The molecule has 8 heteroatoms. The molecule has 0 atom stereocenters. The molecule has 1 fully saturated rings. The van der Waals surface area contributed by atoms with Gasteiger partial charge in [-0.15, -0.1) is 0 Å². The molecule has 2 aromatic carbocycles. The predicted molar refractivity (Wildman–Crippen MR) is 117 cm³/mol. The maximum absolute atomic E-state index is 12.4. The number of allylic oxidation sites excluding steroid dienone is 1. The van der Waals surface area contributed by atoms with Crippen LogP contribution in [-0.2, 0) is 4.79 Å². The van der Waals surface area contributed by atoms with Gasteiger partial charge in [0.05, 0.1) is 0 Å². The van der Waals surface area contributed by atoms with Crippen LogP contribution in [0.4, 0.5) is 10.5 Å². The zero-order valence-corrected chi connectivity index (χ0v) is 16.8. The van der Waals surface area contributed by atoms with Crippen molar-refractivity contribution in [2.75, 3.05) is 31.1 Å². The van der Waals surface area contributed by atoms with E-state index in [-0.39, 0.29) is 5.78 Å². The molecule has 0 aliphatic carbocycles. The highest BCUT2D eigenvalue weighted by Crippen LogP contribution is 2.18. The van der Waals surface area contributed by atoms with E-state index in [0.717, 1.165) is 16.8 Å². The monoisotopic (exact) mass is 421 g/mol. The fraction of sp³-hybridized carbons (Fsp3) is 0.174. The first-order valence-electron chi connectivity index (χ1n) is 9.74. The van der Waals surface area contributed by atoms with Gasteiger partial charge in [0.25, 0.3) is 5.91 Å². The lowest BCUT2D eigenvalue weighted by atomic mass is 10.1. The summed E-state index contributed by atoms with van der Waals surface area (Å²) in [5.41, 5.74) is 4.67. The number of hydroxylamine groups is 1. The molecule has 0 aromatic heterocycles. The van der Waals surface area contributed by atoms with Gasteiger partial charge in [-0.2, -0.15) is 0 Å². The fourth-order valence-electron chi connectivity index (χ4n) is 3.19. The summed E-state index contributed by atoms with van der Waals surface area (Å²) >= 11 is 0. The van der Waals surface area contributed by atoms with Gasteiger partial charge in [-0.3, -0.25) is 14.8 Å². The molecule has 1 aliphatic rings. The lowest BCUT2D eigenvalue weighted by molar-refractivity contribution is -0.124. The van der Waals surface area contributed by atoms with E-state index >= 15 is 0 Å². The van der Waals surface area contributed by atoms with E-state index in [1.807, 2.05) is 24.3 Å². The molecule has 3 N–H and O–H groups in total. The summed E-state index contributed by atoms with van der Waals surface area (Å²) < 4.78 is 0. The van der Waals surface area contributed by atoms with Gasteiger partial charge >= 0.3 is 6.09 Å². The topological polar surface area (TPSA) is 110 Å². The van der Waals surface area contributed by atoms with Crippen LogP contribution in [0.3, 0.4) is 0 Å².